The third kappa shape index (κ3) is 1.75. The highest BCUT2D eigenvalue weighted by molar-refractivity contribution is 5.89. The van der Waals surface area contributed by atoms with E-state index in [0.717, 1.165) is 0 Å². The molecule has 0 unspecified atom stereocenters. The standard InChI is InChI=1S/C6H3FN2O4/c7-3-1-4(9(12)13)5(6(10)11)8-2-3/h1-2H,(H,10,11). The molecule has 0 aliphatic carbocycles. The third-order valence-corrected chi connectivity index (χ3v) is 1.23. The molecule has 0 spiro atoms. The largest absolute Gasteiger partial charge is 0.476 e. The predicted octanol–water partition coefficient (Wildman–Crippen LogP) is 0.827. The molecule has 1 aromatic rings. The van der Waals surface area contributed by atoms with Gasteiger partial charge in [-0.2, -0.15) is 0 Å². The summed E-state index contributed by atoms with van der Waals surface area (Å²) in [6.07, 6.45) is 0.608. The number of carboxylic acid groups (broad SMARTS) is 1. The van der Waals surface area contributed by atoms with Crippen molar-refractivity contribution in [1.82, 2.24) is 4.98 Å². The van der Waals surface area contributed by atoms with E-state index in [4.69, 9.17) is 5.11 Å². The lowest BCUT2D eigenvalue weighted by Crippen LogP contribution is -2.05. The lowest BCUT2D eigenvalue weighted by Gasteiger charge is -1.95. The summed E-state index contributed by atoms with van der Waals surface area (Å²) >= 11 is 0. The number of aromatic nitrogens is 1. The molecule has 0 amide bonds. The highest BCUT2D eigenvalue weighted by Gasteiger charge is 2.21. The topological polar surface area (TPSA) is 93.3 Å². The molecule has 0 bridgehead atoms. The molecule has 0 fully saturated rings. The quantitative estimate of drug-likeness (QED) is 0.545. The molecular formula is C6H3FN2O4. The Balaban J connectivity index is 3.35. The van der Waals surface area contributed by atoms with Crippen LogP contribution in [0.1, 0.15) is 10.5 Å². The second-order valence-corrected chi connectivity index (χ2v) is 2.08. The summed E-state index contributed by atoms with van der Waals surface area (Å²) in [6.45, 7) is 0. The van der Waals surface area contributed by atoms with Gasteiger partial charge in [-0.1, -0.05) is 0 Å². The molecule has 7 heteroatoms. The Kier molecular flexibility index (Phi) is 2.18. The molecule has 1 rings (SSSR count). The first kappa shape index (κ1) is 9.04. The third-order valence-electron chi connectivity index (χ3n) is 1.23. The molecule has 0 atom stereocenters. The first-order chi connectivity index (χ1) is 6.02. The second kappa shape index (κ2) is 3.13. The maximum atomic E-state index is 12.4. The number of pyridine rings is 1. The van der Waals surface area contributed by atoms with E-state index in [0.29, 0.717) is 12.3 Å². The van der Waals surface area contributed by atoms with E-state index in [2.05, 4.69) is 4.98 Å². The maximum Gasteiger partial charge on any atom is 0.361 e. The maximum absolute atomic E-state index is 12.4. The van der Waals surface area contributed by atoms with Crippen molar-refractivity contribution in [3.8, 4) is 0 Å². The molecule has 13 heavy (non-hydrogen) atoms. The van der Waals surface area contributed by atoms with Crippen molar-refractivity contribution in [1.29, 1.82) is 0 Å². The average molecular weight is 186 g/mol. The summed E-state index contributed by atoms with van der Waals surface area (Å²) in [5.41, 5.74) is -1.63. The van der Waals surface area contributed by atoms with E-state index < -0.39 is 28.1 Å². The van der Waals surface area contributed by atoms with E-state index >= 15 is 0 Å². The van der Waals surface area contributed by atoms with Crippen LogP contribution in [0.25, 0.3) is 0 Å². The predicted molar refractivity (Wildman–Crippen MR) is 37.8 cm³/mol. The van der Waals surface area contributed by atoms with Crippen LogP contribution in [0.5, 0.6) is 0 Å². The Morgan fingerprint density at radius 1 is 1.69 bits per heavy atom. The van der Waals surface area contributed by atoms with E-state index in [1.807, 2.05) is 0 Å². The van der Waals surface area contributed by atoms with Crippen LogP contribution in [0.2, 0.25) is 0 Å². The fourth-order valence-corrected chi connectivity index (χ4v) is 0.733. The molecule has 0 saturated carbocycles. The normalized spacial score (nSPS) is 9.62. The zero-order valence-electron chi connectivity index (χ0n) is 6.10. The average Bonchev–Trinajstić information content (AvgIpc) is 2.03. The zero-order chi connectivity index (χ0) is 10.0. The molecule has 68 valence electrons. The minimum atomic E-state index is -1.56. The van der Waals surface area contributed by atoms with Gasteiger partial charge in [0, 0.05) is 0 Å². The number of nitro groups is 1. The Morgan fingerprint density at radius 2 is 2.31 bits per heavy atom. The minimum Gasteiger partial charge on any atom is -0.476 e. The molecule has 0 saturated heterocycles. The highest BCUT2D eigenvalue weighted by atomic mass is 19.1. The van der Waals surface area contributed by atoms with E-state index in [9.17, 15) is 19.3 Å². The molecule has 0 aliphatic rings. The van der Waals surface area contributed by atoms with Gasteiger partial charge in [-0.25, -0.2) is 14.2 Å². The van der Waals surface area contributed by atoms with Crippen molar-refractivity contribution >= 4 is 11.7 Å². The molecule has 1 aromatic heterocycles. The van der Waals surface area contributed by atoms with Gasteiger partial charge in [0.2, 0.25) is 5.69 Å². The van der Waals surface area contributed by atoms with Crippen molar-refractivity contribution in [2.75, 3.05) is 0 Å². The van der Waals surface area contributed by atoms with E-state index in [1.54, 1.807) is 0 Å². The molecule has 0 radical (unpaired) electrons. The number of carboxylic acids is 1. The van der Waals surface area contributed by atoms with Crippen molar-refractivity contribution in [2.24, 2.45) is 0 Å². The summed E-state index contributed by atoms with van der Waals surface area (Å²) < 4.78 is 12.4. The Morgan fingerprint density at radius 3 is 2.77 bits per heavy atom. The van der Waals surface area contributed by atoms with Gasteiger partial charge < -0.3 is 5.11 Å². The Bertz CT molecular complexity index is 379. The smallest absolute Gasteiger partial charge is 0.361 e. The number of hydrogen-bond acceptors (Lipinski definition) is 4. The fourth-order valence-electron chi connectivity index (χ4n) is 0.733. The van der Waals surface area contributed by atoms with Crippen LogP contribution < -0.4 is 0 Å². The van der Waals surface area contributed by atoms with Gasteiger partial charge in [0.05, 0.1) is 17.2 Å². The number of aromatic carboxylic acids is 1. The SMILES string of the molecule is O=C(O)c1ncc(F)cc1[N+](=O)[O-]. The van der Waals surface area contributed by atoms with Crippen molar-refractivity contribution in [3.63, 3.8) is 0 Å². The van der Waals surface area contributed by atoms with Crippen molar-refractivity contribution in [2.45, 2.75) is 0 Å². The summed E-state index contributed by atoms with van der Waals surface area (Å²) in [4.78, 5) is 22.6. The summed E-state index contributed by atoms with van der Waals surface area (Å²) in [5, 5.41) is 18.6. The van der Waals surface area contributed by atoms with E-state index in [1.165, 1.54) is 0 Å². The Hall–Kier alpha value is -2.05. The van der Waals surface area contributed by atoms with Gasteiger partial charge >= 0.3 is 11.7 Å². The highest BCUT2D eigenvalue weighted by Crippen LogP contribution is 2.16. The van der Waals surface area contributed by atoms with E-state index in [-0.39, 0.29) is 0 Å². The van der Waals surface area contributed by atoms with Crippen LogP contribution in [0.3, 0.4) is 0 Å². The van der Waals surface area contributed by atoms with Gasteiger partial charge in [-0.3, -0.25) is 10.1 Å². The molecular weight excluding hydrogens is 183 g/mol. The lowest BCUT2D eigenvalue weighted by molar-refractivity contribution is -0.385. The minimum absolute atomic E-state index is 0.510. The molecule has 6 nitrogen and oxygen atoms in total. The van der Waals surface area contributed by atoms with Crippen LogP contribution in [0, 0.1) is 15.9 Å². The monoisotopic (exact) mass is 186 g/mol. The molecule has 1 heterocycles. The molecule has 1 N–H and O–H groups in total. The van der Waals surface area contributed by atoms with Gasteiger partial charge in [0.1, 0.15) is 5.82 Å². The fraction of sp³-hybridized carbons (Fsp3) is 0. The van der Waals surface area contributed by atoms with Crippen LogP contribution in [0.15, 0.2) is 12.3 Å². The zero-order valence-corrected chi connectivity index (χ0v) is 6.10. The van der Waals surface area contributed by atoms with Crippen molar-refractivity contribution in [3.05, 3.63) is 33.9 Å². The number of halogens is 1. The van der Waals surface area contributed by atoms with Gasteiger partial charge in [0.25, 0.3) is 0 Å². The van der Waals surface area contributed by atoms with Crippen LogP contribution in [0.4, 0.5) is 10.1 Å². The molecule has 0 aliphatic heterocycles. The van der Waals surface area contributed by atoms with Crippen LogP contribution >= 0.6 is 0 Å². The summed E-state index contributed by atoms with van der Waals surface area (Å²) in [5.74, 6) is -2.51. The van der Waals surface area contributed by atoms with Gasteiger partial charge in [-0.05, 0) is 0 Å². The first-order valence-corrected chi connectivity index (χ1v) is 3.05. The van der Waals surface area contributed by atoms with Crippen molar-refractivity contribution < 1.29 is 19.2 Å². The molecule has 0 aromatic carbocycles. The van der Waals surface area contributed by atoms with Gasteiger partial charge in [-0.15, -0.1) is 0 Å². The van der Waals surface area contributed by atoms with Crippen LogP contribution in [-0.4, -0.2) is 21.0 Å². The summed E-state index contributed by atoms with van der Waals surface area (Å²) in [7, 11) is 0. The number of rotatable bonds is 2. The number of carbonyl (C=O) groups is 1. The first-order valence-electron chi connectivity index (χ1n) is 3.05. The lowest BCUT2D eigenvalue weighted by atomic mass is 10.3. The number of hydrogen-bond donors (Lipinski definition) is 1. The Labute approximate surface area is 70.8 Å². The second-order valence-electron chi connectivity index (χ2n) is 2.08. The summed E-state index contributed by atoms with van der Waals surface area (Å²) in [6, 6.07) is 0.510. The number of nitrogens with zero attached hydrogens (tertiary/aromatic N) is 2. The van der Waals surface area contributed by atoms with Crippen LogP contribution in [-0.2, 0) is 0 Å². The van der Waals surface area contributed by atoms with Gasteiger partial charge in [0.15, 0.2) is 0 Å².